The Morgan fingerprint density at radius 2 is 2.05 bits per heavy atom. The van der Waals surface area contributed by atoms with Crippen LogP contribution in [-0.2, 0) is 11.2 Å². The van der Waals surface area contributed by atoms with Crippen LogP contribution in [0.1, 0.15) is 17.7 Å². The van der Waals surface area contributed by atoms with Crippen molar-refractivity contribution in [3.8, 4) is 0 Å². The van der Waals surface area contributed by atoms with E-state index in [0.29, 0.717) is 5.02 Å². The van der Waals surface area contributed by atoms with Gasteiger partial charge in [-0.1, -0.05) is 23.7 Å². The summed E-state index contributed by atoms with van der Waals surface area (Å²) < 4.78 is 0. The Labute approximate surface area is 129 Å². The minimum Gasteiger partial charge on any atom is -0.273 e. The third kappa shape index (κ3) is 4.67. The third-order valence-electron chi connectivity index (χ3n) is 2.64. The molecule has 1 aromatic heterocycles. The second kappa shape index (κ2) is 7.32. The second-order valence-electron chi connectivity index (χ2n) is 4.30. The normalized spacial score (nSPS) is 10.8. The van der Waals surface area contributed by atoms with Crippen LogP contribution in [0, 0.1) is 0 Å². The van der Waals surface area contributed by atoms with Crippen molar-refractivity contribution >= 4 is 23.7 Å². The van der Waals surface area contributed by atoms with Gasteiger partial charge in [-0.3, -0.25) is 14.6 Å². The summed E-state index contributed by atoms with van der Waals surface area (Å²) in [6.45, 7) is 0. The standard InChI is InChI=1S/C13H12ClN5O3/c14-9-3-1-8(2-4-9)7-15-18-11(20)6-5-10-12(21)16-13(22)19-17-10/h1-4,7H,5-6H2,(H,18,20)(H2,16,19,21,22). The summed E-state index contributed by atoms with van der Waals surface area (Å²) in [5.41, 5.74) is 1.89. The van der Waals surface area contributed by atoms with Crippen LogP contribution in [0.3, 0.4) is 0 Å². The van der Waals surface area contributed by atoms with Gasteiger partial charge in [-0.15, -0.1) is 0 Å². The van der Waals surface area contributed by atoms with Gasteiger partial charge in [-0.25, -0.2) is 15.3 Å². The maximum absolute atomic E-state index is 11.6. The largest absolute Gasteiger partial charge is 0.342 e. The van der Waals surface area contributed by atoms with E-state index in [4.69, 9.17) is 11.6 Å². The fourth-order valence-electron chi connectivity index (χ4n) is 1.56. The summed E-state index contributed by atoms with van der Waals surface area (Å²) in [6, 6.07) is 6.92. The Bertz CT molecular complexity index is 794. The Morgan fingerprint density at radius 1 is 1.32 bits per heavy atom. The number of aromatic amines is 2. The van der Waals surface area contributed by atoms with Gasteiger partial charge >= 0.3 is 5.69 Å². The predicted molar refractivity (Wildman–Crippen MR) is 81.0 cm³/mol. The number of nitrogens with one attached hydrogen (secondary N) is 3. The highest BCUT2D eigenvalue weighted by molar-refractivity contribution is 6.30. The van der Waals surface area contributed by atoms with Crippen LogP contribution in [0.4, 0.5) is 0 Å². The molecular formula is C13H12ClN5O3. The molecule has 8 nitrogen and oxygen atoms in total. The van der Waals surface area contributed by atoms with E-state index in [1.54, 1.807) is 24.3 Å². The summed E-state index contributed by atoms with van der Waals surface area (Å²) in [5, 5.41) is 10.1. The van der Waals surface area contributed by atoms with Crippen LogP contribution in [-0.4, -0.2) is 27.3 Å². The second-order valence-corrected chi connectivity index (χ2v) is 4.73. The van der Waals surface area contributed by atoms with Crippen LogP contribution >= 0.6 is 11.6 Å². The number of carbonyl (C=O) groups is 1. The number of benzene rings is 1. The molecule has 114 valence electrons. The quantitative estimate of drug-likeness (QED) is 0.538. The minimum atomic E-state index is -0.689. The maximum Gasteiger partial charge on any atom is 0.342 e. The highest BCUT2D eigenvalue weighted by Gasteiger charge is 2.06. The molecule has 1 heterocycles. The van der Waals surface area contributed by atoms with Crippen molar-refractivity contribution in [2.75, 3.05) is 0 Å². The van der Waals surface area contributed by atoms with Crippen molar-refractivity contribution in [1.29, 1.82) is 0 Å². The first-order valence-electron chi connectivity index (χ1n) is 6.30. The van der Waals surface area contributed by atoms with Gasteiger partial charge in [-0.05, 0) is 17.7 Å². The molecule has 0 fully saturated rings. The Morgan fingerprint density at radius 3 is 2.73 bits per heavy atom. The van der Waals surface area contributed by atoms with E-state index in [-0.39, 0.29) is 24.4 Å². The molecule has 1 amide bonds. The van der Waals surface area contributed by atoms with Crippen LogP contribution in [0.15, 0.2) is 39.0 Å². The smallest absolute Gasteiger partial charge is 0.273 e. The van der Waals surface area contributed by atoms with Gasteiger partial charge in [-0.2, -0.15) is 10.2 Å². The molecule has 0 spiro atoms. The lowest BCUT2D eigenvalue weighted by Gasteiger charge is -1.99. The van der Waals surface area contributed by atoms with Crippen molar-refractivity contribution in [1.82, 2.24) is 20.6 Å². The molecule has 0 bridgehead atoms. The van der Waals surface area contributed by atoms with Crippen molar-refractivity contribution in [3.05, 3.63) is 61.4 Å². The number of aryl methyl sites for hydroxylation is 1. The summed E-state index contributed by atoms with van der Waals surface area (Å²) in [6.07, 6.45) is 1.58. The third-order valence-corrected chi connectivity index (χ3v) is 2.90. The van der Waals surface area contributed by atoms with Crippen LogP contribution in [0.5, 0.6) is 0 Å². The lowest BCUT2D eigenvalue weighted by molar-refractivity contribution is -0.121. The van der Waals surface area contributed by atoms with Crippen LogP contribution in [0.2, 0.25) is 5.02 Å². The molecule has 0 saturated heterocycles. The van der Waals surface area contributed by atoms with Gasteiger partial charge in [0.15, 0.2) is 0 Å². The SMILES string of the molecule is O=C(CCc1n[nH]c(=O)[nH]c1=O)NN=Cc1ccc(Cl)cc1. The minimum absolute atomic E-state index is 0.0140. The van der Waals surface area contributed by atoms with E-state index in [1.807, 2.05) is 4.98 Å². The van der Waals surface area contributed by atoms with E-state index in [2.05, 4.69) is 20.7 Å². The van der Waals surface area contributed by atoms with Gasteiger partial charge < -0.3 is 0 Å². The van der Waals surface area contributed by atoms with Gasteiger partial charge in [0.05, 0.1) is 6.21 Å². The number of halogens is 1. The lowest BCUT2D eigenvalue weighted by atomic mass is 10.2. The van der Waals surface area contributed by atoms with E-state index in [9.17, 15) is 14.4 Å². The number of aromatic nitrogens is 3. The molecule has 2 aromatic rings. The highest BCUT2D eigenvalue weighted by atomic mass is 35.5. The highest BCUT2D eigenvalue weighted by Crippen LogP contribution is 2.07. The Hall–Kier alpha value is -2.74. The zero-order valence-corrected chi connectivity index (χ0v) is 12.1. The van der Waals surface area contributed by atoms with Crippen molar-refractivity contribution in [3.63, 3.8) is 0 Å². The van der Waals surface area contributed by atoms with Gasteiger partial charge in [0.1, 0.15) is 5.69 Å². The van der Waals surface area contributed by atoms with Crippen molar-refractivity contribution < 1.29 is 4.79 Å². The van der Waals surface area contributed by atoms with E-state index in [0.717, 1.165) is 5.56 Å². The van der Waals surface area contributed by atoms with E-state index < -0.39 is 11.2 Å². The molecule has 2 rings (SSSR count). The number of rotatable bonds is 5. The van der Waals surface area contributed by atoms with E-state index >= 15 is 0 Å². The van der Waals surface area contributed by atoms with Crippen LogP contribution < -0.4 is 16.7 Å². The summed E-state index contributed by atoms with van der Waals surface area (Å²) in [5.74, 6) is -0.377. The first-order valence-corrected chi connectivity index (χ1v) is 6.68. The molecule has 0 aliphatic carbocycles. The average molecular weight is 322 g/mol. The van der Waals surface area contributed by atoms with Crippen molar-refractivity contribution in [2.24, 2.45) is 5.10 Å². The lowest BCUT2D eigenvalue weighted by Crippen LogP contribution is -2.28. The van der Waals surface area contributed by atoms with Crippen molar-refractivity contribution in [2.45, 2.75) is 12.8 Å². The van der Waals surface area contributed by atoms with Gasteiger partial charge in [0, 0.05) is 17.9 Å². The molecule has 0 aliphatic rings. The van der Waals surface area contributed by atoms with Gasteiger partial charge in [0.2, 0.25) is 5.91 Å². The average Bonchev–Trinajstić information content (AvgIpc) is 2.48. The maximum atomic E-state index is 11.6. The molecule has 0 aliphatic heterocycles. The first kappa shape index (κ1) is 15.6. The number of nitrogens with zero attached hydrogens (tertiary/aromatic N) is 2. The van der Waals surface area contributed by atoms with Crippen LogP contribution in [0.25, 0.3) is 0 Å². The fraction of sp³-hybridized carbons (Fsp3) is 0.154. The molecule has 9 heteroatoms. The zero-order valence-electron chi connectivity index (χ0n) is 11.3. The summed E-state index contributed by atoms with van der Waals surface area (Å²) >= 11 is 5.75. The molecule has 22 heavy (non-hydrogen) atoms. The topological polar surface area (TPSA) is 120 Å². The zero-order chi connectivity index (χ0) is 15.9. The predicted octanol–water partition coefficient (Wildman–Crippen LogP) is 0.195. The number of hydrazone groups is 1. The Kier molecular flexibility index (Phi) is 5.21. The Balaban J connectivity index is 1.84. The van der Waals surface area contributed by atoms with Gasteiger partial charge in [0.25, 0.3) is 5.56 Å². The molecule has 0 atom stereocenters. The monoisotopic (exact) mass is 321 g/mol. The van der Waals surface area contributed by atoms with E-state index in [1.165, 1.54) is 6.21 Å². The molecule has 0 radical (unpaired) electrons. The number of carbonyl (C=O) groups excluding carboxylic acids is 1. The first-order chi connectivity index (χ1) is 10.5. The molecule has 3 N–H and O–H groups in total. The number of hydrogen-bond donors (Lipinski definition) is 3. The molecule has 1 aromatic carbocycles. The number of H-pyrrole nitrogens is 2. The number of hydrogen-bond acceptors (Lipinski definition) is 5. The number of amides is 1. The molecule has 0 unspecified atom stereocenters. The molecule has 0 saturated carbocycles. The molecular weight excluding hydrogens is 310 g/mol. The summed E-state index contributed by atoms with van der Waals surface area (Å²) in [4.78, 5) is 35.8. The summed E-state index contributed by atoms with van der Waals surface area (Å²) in [7, 11) is 0. The fourth-order valence-corrected chi connectivity index (χ4v) is 1.68.